The summed E-state index contributed by atoms with van der Waals surface area (Å²) in [5.41, 5.74) is 1.25. The molecule has 0 saturated carbocycles. The molecule has 0 radical (unpaired) electrons. The number of amides is 2. The van der Waals surface area contributed by atoms with Gasteiger partial charge in [-0.2, -0.15) is 0 Å². The number of benzene rings is 3. The highest BCUT2D eigenvalue weighted by Crippen LogP contribution is 2.32. The molecule has 2 heterocycles. The van der Waals surface area contributed by atoms with E-state index in [1.54, 1.807) is 4.90 Å². The molecular weight excluding hydrogens is 453 g/mol. The van der Waals surface area contributed by atoms with E-state index in [-0.39, 0.29) is 23.5 Å². The monoisotopic (exact) mass is 475 g/mol. The van der Waals surface area contributed by atoms with Crippen molar-refractivity contribution in [3.63, 3.8) is 0 Å². The Morgan fingerprint density at radius 1 is 0.971 bits per heavy atom. The highest BCUT2D eigenvalue weighted by molar-refractivity contribution is 7.22. The Morgan fingerprint density at radius 3 is 2.44 bits per heavy atom. The summed E-state index contributed by atoms with van der Waals surface area (Å²) in [6, 6.07) is 20.7. The third-order valence-corrected chi connectivity index (χ3v) is 6.75. The Morgan fingerprint density at radius 2 is 1.71 bits per heavy atom. The number of nitrogens with zero attached hydrogens (tertiary/aromatic N) is 2. The first-order valence-electron chi connectivity index (χ1n) is 11.0. The van der Waals surface area contributed by atoms with Gasteiger partial charge < -0.3 is 15.0 Å². The van der Waals surface area contributed by atoms with E-state index in [2.05, 4.69) is 10.3 Å². The molecule has 8 heteroatoms. The number of carbonyl (C=O) groups excluding carboxylic acids is 2. The molecule has 0 aliphatic carbocycles. The Kier molecular flexibility index (Phi) is 6.22. The van der Waals surface area contributed by atoms with Crippen LogP contribution in [0.3, 0.4) is 0 Å². The lowest BCUT2D eigenvalue weighted by Crippen LogP contribution is -2.41. The van der Waals surface area contributed by atoms with Crippen molar-refractivity contribution in [2.75, 3.05) is 18.4 Å². The normalized spacial score (nSPS) is 14.2. The van der Waals surface area contributed by atoms with Crippen molar-refractivity contribution >= 4 is 38.5 Å². The van der Waals surface area contributed by atoms with E-state index in [0.29, 0.717) is 42.4 Å². The van der Waals surface area contributed by atoms with E-state index in [1.807, 2.05) is 48.5 Å². The van der Waals surface area contributed by atoms with E-state index >= 15 is 0 Å². The summed E-state index contributed by atoms with van der Waals surface area (Å²) < 4.78 is 19.9. The number of anilines is 1. The van der Waals surface area contributed by atoms with Gasteiger partial charge in [-0.15, -0.1) is 0 Å². The Balaban J connectivity index is 1.18. The van der Waals surface area contributed by atoms with Gasteiger partial charge >= 0.3 is 0 Å². The maximum absolute atomic E-state index is 13.1. The predicted molar refractivity (Wildman–Crippen MR) is 130 cm³/mol. The van der Waals surface area contributed by atoms with Crippen LogP contribution in [0.5, 0.6) is 11.5 Å². The van der Waals surface area contributed by atoms with Crippen molar-refractivity contribution in [2.45, 2.75) is 12.8 Å². The molecule has 3 aromatic carbocycles. The molecule has 0 bridgehead atoms. The van der Waals surface area contributed by atoms with Gasteiger partial charge in [-0.3, -0.25) is 9.59 Å². The molecular formula is C26H22FN3O3S. The van der Waals surface area contributed by atoms with Crippen LogP contribution < -0.4 is 10.1 Å². The second-order valence-electron chi connectivity index (χ2n) is 8.13. The van der Waals surface area contributed by atoms with Crippen LogP contribution in [-0.4, -0.2) is 34.8 Å². The van der Waals surface area contributed by atoms with Crippen molar-refractivity contribution in [1.82, 2.24) is 9.88 Å². The van der Waals surface area contributed by atoms with Crippen molar-refractivity contribution in [3.05, 3.63) is 84.2 Å². The summed E-state index contributed by atoms with van der Waals surface area (Å²) in [5, 5.41) is 3.48. The first-order chi connectivity index (χ1) is 16.5. The van der Waals surface area contributed by atoms with Gasteiger partial charge in [0.1, 0.15) is 17.3 Å². The Bertz CT molecular complexity index is 1320. The number of hydrogen-bond acceptors (Lipinski definition) is 5. The number of halogens is 1. The van der Waals surface area contributed by atoms with Gasteiger partial charge in [0, 0.05) is 30.6 Å². The van der Waals surface area contributed by atoms with Crippen molar-refractivity contribution in [3.8, 4) is 11.5 Å². The zero-order chi connectivity index (χ0) is 23.5. The highest BCUT2D eigenvalue weighted by atomic mass is 32.1. The summed E-state index contributed by atoms with van der Waals surface area (Å²) in [6.45, 7) is 0.961. The van der Waals surface area contributed by atoms with Crippen LogP contribution in [0.4, 0.5) is 9.52 Å². The first kappa shape index (κ1) is 22.0. The minimum atomic E-state index is -0.373. The topological polar surface area (TPSA) is 71.5 Å². The van der Waals surface area contributed by atoms with Crippen LogP contribution in [-0.2, 0) is 4.79 Å². The quantitative estimate of drug-likeness (QED) is 0.401. The van der Waals surface area contributed by atoms with E-state index < -0.39 is 0 Å². The zero-order valence-electron chi connectivity index (χ0n) is 18.2. The number of likely N-dealkylation sites (tertiary alicyclic amines) is 1. The molecule has 1 aromatic heterocycles. The molecule has 1 fully saturated rings. The molecule has 1 aliphatic rings. The summed E-state index contributed by atoms with van der Waals surface area (Å²) in [4.78, 5) is 31.7. The minimum absolute atomic E-state index is 0.0892. The van der Waals surface area contributed by atoms with Crippen molar-refractivity contribution < 1.29 is 18.7 Å². The molecule has 1 saturated heterocycles. The molecule has 1 aliphatic heterocycles. The van der Waals surface area contributed by atoms with Gasteiger partial charge in [-0.05, 0) is 61.4 Å². The van der Waals surface area contributed by atoms with Crippen molar-refractivity contribution in [2.24, 2.45) is 5.92 Å². The van der Waals surface area contributed by atoms with Crippen LogP contribution in [0.15, 0.2) is 72.8 Å². The lowest BCUT2D eigenvalue weighted by molar-refractivity contribution is -0.121. The second-order valence-corrected chi connectivity index (χ2v) is 9.16. The fraction of sp³-hybridized carbons (Fsp3) is 0.192. The maximum Gasteiger partial charge on any atom is 0.253 e. The van der Waals surface area contributed by atoms with E-state index in [1.165, 1.54) is 35.6 Å². The molecule has 6 nitrogen and oxygen atoms in total. The smallest absolute Gasteiger partial charge is 0.253 e. The SMILES string of the molecule is O=C(Nc1nc2ccc(Oc3ccccc3)cc2s1)C1CCN(C(=O)c2ccc(F)cc2)CC1. The largest absolute Gasteiger partial charge is 0.457 e. The number of hydrogen-bond donors (Lipinski definition) is 1. The summed E-state index contributed by atoms with van der Waals surface area (Å²) >= 11 is 1.40. The van der Waals surface area contributed by atoms with Crippen LogP contribution in [0.25, 0.3) is 10.2 Å². The number of fused-ring (bicyclic) bond motifs is 1. The fourth-order valence-electron chi connectivity index (χ4n) is 3.97. The average Bonchev–Trinajstić information content (AvgIpc) is 3.26. The van der Waals surface area contributed by atoms with Crippen LogP contribution in [0.1, 0.15) is 23.2 Å². The number of thiazole rings is 1. The zero-order valence-corrected chi connectivity index (χ0v) is 19.1. The number of carbonyl (C=O) groups is 2. The molecule has 34 heavy (non-hydrogen) atoms. The number of rotatable bonds is 5. The van der Waals surface area contributed by atoms with E-state index in [9.17, 15) is 14.0 Å². The third-order valence-electron chi connectivity index (χ3n) is 5.81. The highest BCUT2D eigenvalue weighted by Gasteiger charge is 2.28. The molecule has 0 unspecified atom stereocenters. The summed E-state index contributed by atoms with van der Waals surface area (Å²) in [6.07, 6.45) is 1.14. The van der Waals surface area contributed by atoms with Gasteiger partial charge in [0.25, 0.3) is 5.91 Å². The molecule has 0 spiro atoms. The second kappa shape index (κ2) is 9.61. The van der Waals surface area contributed by atoms with Crippen molar-refractivity contribution in [1.29, 1.82) is 0 Å². The average molecular weight is 476 g/mol. The lowest BCUT2D eigenvalue weighted by atomic mass is 9.95. The molecule has 1 N–H and O–H groups in total. The standard InChI is InChI=1S/C26H22FN3O3S/c27-19-8-6-18(7-9-19)25(32)30-14-12-17(13-15-30)24(31)29-26-28-22-11-10-21(16-23(22)34-26)33-20-4-2-1-3-5-20/h1-11,16-17H,12-15H2,(H,28,29,31). The Hall–Kier alpha value is -3.78. The van der Waals surface area contributed by atoms with Crippen LogP contribution in [0, 0.1) is 11.7 Å². The summed E-state index contributed by atoms with van der Waals surface area (Å²) in [5.74, 6) is 0.665. The molecule has 172 valence electrons. The molecule has 5 rings (SSSR count). The third kappa shape index (κ3) is 4.92. The van der Waals surface area contributed by atoms with E-state index in [0.717, 1.165) is 16.0 Å². The number of ether oxygens (including phenoxy) is 1. The van der Waals surface area contributed by atoms with Gasteiger partial charge in [-0.1, -0.05) is 29.5 Å². The number of piperidine rings is 1. The molecule has 4 aromatic rings. The van der Waals surface area contributed by atoms with Gasteiger partial charge in [0.05, 0.1) is 10.2 Å². The van der Waals surface area contributed by atoms with E-state index in [4.69, 9.17) is 4.74 Å². The number of aromatic nitrogens is 1. The van der Waals surface area contributed by atoms with Gasteiger partial charge in [0.15, 0.2) is 5.13 Å². The number of nitrogens with one attached hydrogen (secondary N) is 1. The lowest BCUT2D eigenvalue weighted by Gasteiger charge is -2.31. The van der Waals surface area contributed by atoms with Crippen LogP contribution >= 0.6 is 11.3 Å². The Labute approximate surface area is 200 Å². The summed E-state index contributed by atoms with van der Waals surface area (Å²) in [7, 11) is 0. The van der Waals surface area contributed by atoms with Crippen LogP contribution in [0.2, 0.25) is 0 Å². The molecule has 0 atom stereocenters. The minimum Gasteiger partial charge on any atom is -0.457 e. The first-order valence-corrected chi connectivity index (χ1v) is 11.9. The fourth-order valence-corrected chi connectivity index (χ4v) is 4.87. The number of para-hydroxylation sites is 1. The predicted octanol–water partition coefficient (Wildman–Crippen LogP) is 5.72. The molecule has 2 amide bonds. The maximum atomic E-state index is 13.1. The van der Waals surface area contributed by atoms with Gasteiger partial charge in [-0.25, -0.2) is 9.37 Å². The van der Waals surface area contributed by atoms with Gasteiger partial charge in [0.2, 0.25) is 5.91 Å².